The van der Waals surface area contributed by atoms with Crippen LogP contribution in [-0.2, 0) is 59.9 Å². The lowest BCUT2D eigenvalue weighted by Gasteiger charge is -2.33. The first-order chi connectivity index (χ1) is 69.2. The van der Waals surface area contributed by atoms with Crippen molar-refractivity contribution < 1.29 is 117 Å². The van der Waals surface area contributed by atoms with E-state index in [1.165, 1.54) is 47.7 Å². The van der Waals surface area contributed by atoms with Gasteiger partial charge in [-0.05, 0) is 261 Å². The van der Waals surface area contributed by atoms with Gasteiger partial charge in [0.25, 0.3) is 0 Å². The van der Waals surface area contributed by atoms with Gasteiger partial charge >= 0.3 is 55.0 Å². The van der Waals surface area contributed by atoms with Crippen LogP contribution in [0.1, 0.15) is 258 Å². The van der Waals surface area contributed by atoms with Crippen molar-refractivity contribution in [1.29, 1.82) is 0 Å². The van der Waals surface area contributed by atoms with Crippen LogP contribution < -0.4 is 83.9 Å². The Hall–Kier alpha value is -12.3. The summed E-state index contributed by atoms with van der Waals surface area (Å²) in [5.74, 6) is -0.912. The highest BCUT2D eigenvalue weighted by Gasteiger charge is 2.41. The average molecular weight is 2150 g/mol. The third kappa shape index (κ3) is 34.1. The molecule has 7 heterocycles. The normalized spacial score (nSPS) is 20.6. The molecule has 14 atom stereocenters. The van der Waals surface area contributed by atoms with Crippen LogP contribution in [0, 0.1) is 0 Å². The molecule has 0 fully saturated rings. The molecule has 0 aliphatic carbocycles. The Morgan fingerprint density at radius 2 is 0.568 bits per heavy atom. The van der Waals surface area contributed by atoms with Gasteiger partial charge in [-0.3, -0.25) is 30.3 Å². The predicted octanol–water partition coefficient (Wildman–Crippen LogP) is 24.3. The number of ether oxygens (including phenoxy) is 9. The second-order valence-corrected chi connectivity index (χ2v) is 37.7. The number of nitrogens with one attached hydrogen (secondary N) is 14. The standard InChI is InChI=1S/2C16H21F3N2O2.2C15H20N2O4.C14H17ClN2O3.2C13H16Cl2N2O2/c2*1-4-11-8-14(21-15(22)23-9(2)3)12-7-10(16(17,18)19)5-6-13(12)20-11;2*1-4-9-7-12(14(18)17-15(19)21-3)11-8-10(20-2)5-6-13(11)16-9;1-3-9-7-11(13(18)17-14(19)20-2)10-6-8(15)4-5-12(10)16-9;2*1-3-8-6-11(17-13(18)19-2)12-9(15)4-7(14)5-10(12)16-8/h2*5-7,9,11,14,20H,4,8H2,1-3H3,(H,21,22);2*5-6,8-9,12,16H,4,7H2,1-3H3,(H,17,18,19);4-6,9,11,16H,3,7H2,1-2H3,(H,17,18,19);2*4-5,8,11,16H,3,6H2,1-2H3,(H,17,18)/t2*11-,14+;2*9-,12+;9-,11+;2*8-,11+/m1010010/s1. The maximum atomic E-state index is 12.9. The van der Waals surface area contributed by atoms with Crippen LogP contribution >= 0.6 is 58.0 Å². The number of alkyl carbamates (subject to hydrolysis) is 7. The van der Waals surface area contributed by atoms with Crippen molar-refractivity contribution in [2.45, 2.75) is 275 Å². The van der Waals surface area contributed by atoms with Gasteiger partial charge in [0.05, 0.1) is 115 Å². The molecule has 7 aliphatic heterocycles. The number of methoxy groups -OCH3 is 7. The summed E-state index contributed by atoms with van der Waals surface area (Å²) in [5.41, 5.74) is 9.29. The Labute approximate surface area is 871 Å². The highest BCUT2D eigenvalue weighted by atomic mass is 35.5. The Balaban J connectivity index is 0.000000208. The molecule has 0 radical (unpaired) electrons. The van der Waals surface area contributed by atoms with E-state index >= 15 is 0 Å². The second-order valence-electron chi connectivity index (χ2n) is 35.6. The number of amides is 10. The number of carbonyl (C=O) groups is 10. The first kappa shape index (κ1) is 119. The van der Waals surface area contributed by atoms with E-state index in [9.17, 15) is 74.3 Å². The molecule has 0 saturated carbocycles. The molecule has 0 bridgehead atoms. The fraction of sp³-hybridized carbons (Fsp3) is 0.490. The van der Waals surface area contributed by atoms with Crippen LogP contribution in [0.2, 0.25) is 25.1 Å². The van der Waals surface area contributed by atoms with Crippen LogP contribution in [0.15, 0.2) is 115 Å². The molecular weight excluding hydrogens is 2020 g/mol. The van der Waals surface area contributed by atoms with E-state index in [2.05, 4.69) is 126 Å². The number of alkyl halides is 6. The summed E-state index contributed by atoms with van der Waals surface area (Å²) in [5, 5.41) is 43.9. The molecule has 44 heteroatoms. The third-order valence-electron chi connectivity index (χ3n) is 25.1. The molecule has 0 saturated heterocycles. The highest BCUT2D eigenvalue weighted by Crippen LogP contribution is 2.47. The van der Waals surface area contributed by atoms with E-state index in [-0.39, 0.29) is 84.3 Å². The van der Waals surface area contributed by atoms with E-state index in [1.807, 2.05) is 75.4 Å². The van der Waals surface area contributed by atoms with E-state index in [1.54, 1.807) is 66.2 Å². The fourth-order valence-electron chi connectivity index (χ4n) is 17.4. The van der Waals surface area contributed by atoms with Crippen molar-refractivity contribution in [2.75, 3.05) is 87.0 Å². The molecule has 0 spiro atoms. The van der Waals surface area contributed by atoms with Gasteiger partial charge in [0.15, 0.2) is 0 Å². The van der Waals surface area contributed by atoms with Gasteiger partial charge in [0, 0.05) is 118 Å². The Kier molecular flexibility index (Phi) is 45.6. The van der Waals surface area contributed by atoms with E-state index < -0.39 is 96.0 Å². The summed E-state index contributed by atoms with van der Waals surface area (Å²) < 4.78 is 121. The molecule has 800 valence electrons. The predicted molar refractivity (Wildman–Crippen MR) is 551 cm³/mol. The lowest BCUT2D eigenvalue weighted by atomic mass is 9.85. The SMILES string of the molecule is CC[C@@H]1C[C@H](C(=O)NC(=O)OC)c2cc(OC)ccc2N1.CC[C@@H]1C[C@H](NC(=O)OC(C)C)c2cc(C(F)(F)F)ccc2N1.CC[C@@H]1C[C@H](NC(=O)OC)c2c(Cl)cc(Cl)cc2N1.CC[C@H]1C[C@@H](C(=O)NC(=O)OC)c2cc(Cl)ccc2N1.CC[C@H]1C[C@@H](C(=O)NC(=O)OC)c2cc(OC)ccc2N1.CC[C@H]1C[C@@H](NC(=O)OC(C)C)c2cc(C(F)(F)F)ccc2N1.CC[C@H]1C[C@@H](NC(=O)OC)c2c(Cl)cc(Cl)cc2N1. The van der Waals surface area contributed by atoms with E-state index in [4.69, 9.17) is 77.0 Å². The monoisotopic (exact) mass is 2140 g/mol. The van der Waals surface area contributed by atoms with Gasteiger partial charge in [-0.25, -0.2) is 33.6 Å². The summed E-state index contributed by atoms with van der Waals surface area (Å²) in [6.45, 7) is 21.2. The molecule has 14 N–H and O–H groups in total. The largest absolute Gasteiger partial charge is 0.497 e. The quantitative estimate of drug-likeness (QED) is 0.0280. The number of anilines is 7. The highest BCUT2D eigenvalue weighted by molar-refractivity contribution is 6.36. The van der Waals surface area contributed by atoms with Crippen LogP contribution in [0.25, 0.3) is 0 Å². The smallest absolute Gasteiger partial charge is 0.416 e. The number of benzene rings is 7. The molecular formula is C102H131Cl5F6N14O19. The zero-order valence-corrected chi connectivity index (χ0v) is 88.3. The first-order valence-electron chi connectivity index (χ1n) is 47.9. The molecule has 7 aromatic carbocycles. The summed E-state index contributed by atoms with van der Waals surface area (Å²) >= 11 is 30.5. The Morgan fingerprint density at radius 1 is 0.308 bits per heavy atom. The maximum Gasteiger partial charge on any atom is 0.416 e. The second kappa shape index (κ2) is 56.0. The van der Waals surface area contributed by atoms with Crippen LogP contribution in [0.3, 0.4) is 0 Å². The zero-order valence-electron chi connectivity index (χ0n) is 84.5. The van der Waals surface area contributed by atoms with Crippen LogP contribution in [-0.4, -0.2) is 165 Å². The molecule has 7 aromatic rings. The van der Waals surface area contributed by atoms with Crippen molar-refractivity contribution in [3.8, 4) is 11.5 Å². The lowest BCUT2D eigenvalue weighted by molar-refractivity contribution is -0.138. The number of rotatable bonds is 18. The number of halogens is 11. The molecule has 0 unspecified atom stereocenters. The minimum absolute atomic E-state index is 0.0867. The summed E-state index contributed by atoms with van der Waals surface area (Å²) in [6.07, 6.45) is -3.20. The fourth-order valence-corrected chi connectivity index (χ4v) is 18.9. The van der Waals surface area contributed by atoms with Crippen molar-refractivity contribution in [2.24, 2.45) is 0 Å². The topological polar surface area (TPSA) is 422 Å². The van der Waals surface area contributed by atoms with Gasteiger partial charge in [0.1, 0.15) is 11.5 Å². The summed E-state index contributed by atoms with van der Waals surface area (Å²) in [6, 6.07) is 30.6. The van der Waals surface area contributed by atoms with E-state index in [0.29, 0.717) is 91.2 Å². The molecule has 146 heavy (non-hydrogen) atoms. The van der Waals surface area contributed by atoms with Crippen LogP contribution in [0.5, 0.6) is 11.5 Å². The average Bonchev–Trinajstić information content (AvgIpc) is 0.805. The van der Waals surface area contributed by atoms with Gasteiger partial charge in [-0.2, -0.15) is 26.3 Å². The number of imide groups is 3. The first-order valence-corrected chi connectivity index (χ1v) is 49.8. The van der Waals surface area contributed by atoms with Gasteiger partial charge in [-0.1, -0.05) is 106 Å². The van der Waals surface area contributed by atoms with Gasteiger partial charge < -0.3 is 101 Å². The molecule has 7 aliphatic rings. The van der Waals surface area contributed by atoms with Crippen molar-refractivity contribution in [3.63, 3.8) is 0 Å². The van der Waals surface area contributed by atoms with Crippen molar-refractivity contribution >= 4 is 158 Å². The number of fused-ring (bicyclic) bond motifs is 7. The maximum absolute atomic E-state index is 12.9. The van der Waals surface area contributed by atoms with Gasteiger partial charge in [0.2, 0.25) is 17.7 Å². The lowest BCUT2D eigenvalue weighted by Crippen LogP contribution is -2.39. The molecule has 14 rings (SSSR count). The number of hydrogen-bond donors (Lipinski definition) is 14. The van der Waals surface area contributed by atoms with Crippen molar-refractivity contribution in [3.05, 3.63) is 190 Å². The minimum atomic E-state index is -4.42. The summed E-state index contributed by atoms with van der Waals surface area (Å²) in [4.78, 5) is 117. The Morgan fingerprint density at radius 3 is 0.849 bits per heavy atom. The molecule has 10 amide bonds. The number of carbonyl (C=O) groups excluding carboxylic acids is 10. The van der Waals surface area contributed by atoms with Crippen LogP contribution in [0.4, 0.5) is 99.7 Å². The molecule has 33 nitrogen and oxygen atoms in total. The third-order valence-corrected chi connectivity index (χ3v) is 26.4. The molecule has 0 aromatic heterocycles. The minimum Gasteiger partial charge on any atom is -0.497 e. The summed E-state index contributed by atoms with van der Waals surface area (Å²) in [7, 11) is 9.54. The Bertz CT molecular complexity index is 5370. The van der Waals surface area contributed by atoms with E-state index in [0.717, 1.165) is 138 Å². The van der Waals surface area contributed by atoms with Gasteiger partial charge in [-0.15, -0.1) is 0 Å². The zero-order chi connectivity index (χ0) is 108. The van der Waals surface area contributed by atoms with Crippen molar-refractivity contribution in [1.82, 2.24) is 37.2 Å². The number of hydrogen-bond acceptors (Lipinski definition) is 26.